The van der Waals surface area contributed by atoms with Gasteiger partial charge in [-0.25, -0.2) is 0 Å². The van der Waals surface area contributed by atoms with Gasteiger partial charge in [0.15, 0.2) is 11.5 Å². The molecule has 3 heterocycles. The first kappa shape index (κ1) is 16.3. The summed E-state index contributed by atoms with van der Waals surface area (Å²) >= 11 is 0. The van der Waals surface area contributed by atoms with E-state index in [9.17, 15) is 9.59 Å². The molecule has 2 amide bonds. The van der Waals surface area contributed by atoms with E-state index in [1.807, 2.05) is 0 Å². The quantitative estimate of drug-likeness (QED) is 0.675. The van der Waals surface area contributed by atoms with Gasteiger partial charge in [-0.3, -0.25) is 14.5 Å². The Kier molecular flexibility index (Phi) is 4.12. The maximum absolute atomic E-state index is 13.0. The minimum atomic E-state index is -0.396. The van der Waals surface area contributed by atoms with Gasteiger partial charge in [0.05, 0.1) is 12.0 Å². The molecule has 0 aliphatic carbocycles. The van der Waals surface area contributed by atoms with Gasteiger partial charge in [0.25, 0.3) is 5.91 Å². The van der Waals surface area contributed by atoms with E-state index in [-0.39, 0.29) is 18.2 Å². The van der Waals surface area contributed by atoms with Crippen LogP contribution in [-0.4, -0.2) is 36.3 Å². The topological polar surface area (TPSA) is 89.0 Å². The number of hydrogen-bond donors (Lipinski definition) is 1. The number of carbonyl (C=O) groups excluding carboxylic acids is 2. The van der Waals surface area contributed by atoms with Crippen molar-refractivity contribution < 1.29 is 18.7 Å². The van der Waals surface area contributed by atoms with Gasteiger partial charge in [0.1, 0.15) is 12.3 Å². The summed E-state index contributed by atoms with van der Waals surface area (Å²) in [7, 11) is 0. The summed E-state index contributed by atoms with van der Waals surface area (Å²) < 4.78 is 11.0. The molecule has 2 aromatic rings. The van der Waals surface area contributed by atoms with Crippen LogP contribution in [0.2, 0.25) is 0 Å². The van der Waals surface area contributed by atoms with E-state index in [0.717, 1.165) is 25.9 Å². The number of ether oxygens (including phenoxy) is 1. The zero-order valence-electron chi connectivity index (χ0n) is 14.2. The van der Waals surface area contributed by atoms with Crippen molar-refractivity contribution in [2.24, 2.45) is 0 Å². The number of hydrogen-bond acceptors (Lipinski definition) is 5. The third-order valence-corrected chi connectivity index (χ3v) is 4.52. The highest BCUT2D eigenvalue weighted by atomic mass is 16.5. The number of furan rings is 1. The summed E-state index contributed by atoms with van der Waals surface area (Å²) in [6, 6.07) is 8.49. The van der Waals surface area contributed by atoms with Crippen LogP contribution >= 0.6 is 0 Å². The van der Waals surface area contributed by atoms with Crippen LogP contribution in [0.1, 0.15) is 18.6 Å². The molecule has 2 aliphatic heterocycles. The number of fused-ring (bicyclic) bond motifs is 1. The zero-order chi connectivity index (χ0) is 18.1. The summed E-state index contributed by atoms with van der Waals surface area (Å²) in [5.41, 5.74) is 6.86. The summed E-state index contributed by atoms with van der Waals surface area (Å²) in [5.74, 6) is 0.603. The molecule has 2 aliphatic rings. The molecule has 0 spiro atoms. The number of likely N-dealkylation sites (tertiary alicyclic amines) is 1. The van der Waals surface area contributed by atoms with Crippen molar-refractivity contribution in [3.05, 3.63) is 48.1 Å². The Morgan fingerprint density at radius 1 is 1.23 bits per heavy atom. The van der Waals surface area contributed by atoms with Gasteiger partial charge in [0, 0.05) is 24.9 Å². The lowest BCUT2D eigenvalue weighted by atomic mass is 10.1. The van der Waals surface area contributed by atoms with Crippen molar-refractivity contribution in [3.8, 4) is 5.75 Å². The van der Waals surface area contributed by atoms with Crippen molar-refractivity contribution in [3.63, 3.8) is 0 Å². The van der Waals surface area contributed by atoms with E-state index < -0.39 is 5.91 Å². The molecule has 0 unspecified atom stereocenters. The Balaban J connectivity index is 1.68. The summed E-state index contributed by atoms with van der Waals surface area (Å²) in [6.07, 6.45) is 5.03. The molecule has 26 heavy (non-hydrogen) atoms. The van der Waals surface area contributed by atoms with E-state index in [0.29, 0.717) is 22.9 Å². The van der Waals surface area contributed by atoms with Crippen LogP contribution in [0.15, 0.2) is 46.8 Å². The molecule has 1 aromatic heterocycles. The van der Waals surface area contributed by atoms with Crippen LogP contribution in [0.4, 0.5) is 11.4 Å². The predicted octanol–water partition coefficient (Wildman–Crippen LogP) is 2.25. The second-order valence-corrected chi connectivity index (χ2v) is 6.33. The summed E-state index contributed by atoms with van der Waals surface area (Å²) in [5, 5.41) is 0. The minimum absolute atomic E-state index is 0.0475. The lowest BCUT2D eigenvalue weighted by Crippen LogP contribution is -2.45. The Morgan fingerprint density at radius 2 is 2.04 bits per heavy atom. The van der Waals surface area contributed by atoms with Crippen molar-refractivity contribution in [2.75, 3.05) is 30.3 Å². The molecule has 0 atom stereocenters. The molecule has 0 saturated carbocycles. The van der Waals surface area contributed by atoms with Crippen LogP contribution < -0.4 is 15.4 Å². The number of anilines is 2. The Hall–Kier alpha value is -3.22. The standard InChI is InChI=1S/C19H19N3O4/c20-13-5-6-16-15(10-13)22(12-18(23)21-7-1-2-8-21)19(24)17(26-16)11-14-4-3-9-25-14/h3-6,9-11H,1-2,7-8,12,20H2/b17-11+. The van der Waals surface area contributed by atoms with Gasteiger partial charge >= 0.3 is 0 Å². The highest BCUT2D eigenvalue weighted by Crippen LogP contribution is 2.37. The smallest absolute Gasteiger partial charge is 0.294 e. The fourth-order valence-electron chi connectivity index (χ4n) is 3.19. The van der Waals surface area contributed by atoms with Gasteiger partial charge in [0.2, 0.25) is 5.91 Å². The second-order valence-electron chi connectivity index (χ2n) is 6.33. The fraction of sp³-hybridized carbons (Fsp3) is 0.263. The average molecular weight is 353 g/mol. The normalized spacial score (nSPS) is 18.2. The number of nitrogens with two attached hydrogens (primary N) is 1. The first-order valence-corrected chi connectivity index (χ1v) is 8.54. The SMILES string of the molecule is Nc1ccc2c(c1)N(CC(=O)N1CCCC1)C(=O)/C(=C\c1ccco1)O2. The predicted molar refractivity (Wildman–Crippen MR) is 96.3 cm³/mol. The molecule has 134 valence electrons. The third kappa shape index (κ3) is 3.03. The molecule has 2 N–H and O–H groups in total. The lowest BCUT2D eigenvalue weighted by Gasteiger charge is -2.31. The van der Waals surface area contributed by atoms with E-state index in [1.165, 1.54) is 17.2 Å². The first-order chi connectivity index (χ1) is 12.6. The highest BCUT2D eigenvalue weighted by molar-refractivity contribution is 6.12. The third-order valence-electron chi connectivity index (χ3n) is 4.52. The van der Waals surface area contributed by atoms with Crippen LogP contribution in [0.5, 0.6) is 5.75 Å². The van der Waals surface area contributed by atoms with Crippen molar-refractivity contribution in [2.45, 2.75) is 12.8 Å². The molecule has 4 rings (SSSR count). The fourth-order valence-corrected chi connectivity index (χ4v) is 3.19. The van der Waals surface area contributed by atoms with E-state index in [2.05, 4.69) is 0 Å². The van der Waals surface area contributed by atoms with Gasteiger partial charge in [-0.2, -0.15) is 0 Å². The Bertz CT molecular complexity index is 867. The molecule has 1 fully saturated rings. The number of amides is 2. The van der Waals surface area contributed by atoms with Crippen LogP contribution in [0.25, 0.3) is 6.08 Å². The van der Waals surface area contributed by atoms with E-state index in [1.54, 1.807) is 35.2 Å². The van der Waals surface area contributed by atoms with Gasteiger partial charge in [-0.15, -0.1) is 0 Å². The number of nitrogen functional groups attached to an aromatic ring is 1. The largest absolute Gasteiger partial charge is 0.465 e. The molecule has 1 saturated heterocycles. The molecule has 0 bridgehead atoms. The van der Waals surface area contributed by atoms with Crippen molar-refractivity contribution >= 4 is 29.3 Å². The highest BCUT2D eigenvalue weighted by Gasteiger charge is 2.33. The summed E-state index contributed by atoms with van der Waals surface area (Å²) in [6.45, 7) is 1.42. The van der Waals surface area contributed by atoms with Gasteiger partial charge in [-0.1, -0.05) is 0 Å². The Morgan fingerprint density at radius 3 is 2.77 bits per heavy atom. The Labute approximate surface area is 150 Å². The molecular formula is C19H19N3O4. The molecule has 7 heteroatoms. The van der Waals surface area contributed by atoms with E-state index in [4.69, 9.17) is 14.9 Å². The second kappa shape index (κ2) is 6.59. The van der Waals surface area contributed by atoms with E-state index >= 15 is 0 Å². The molecule has 0 radical (unpaired) electrons. The summed E-state index contributed by atoms with van der Waals surface area (Å²) in [4.78, 5) is 28.8. The number of benzene rings is 1. The minimum Gasteiger partial charge on any atom is -0.465 e. The van der Waals surface area contributed by atoms with Crippen LogP contribution in [0, 0.1) is 0 Å². The average Bonchev–Trinajstić information content (AvgIpc) is 3.32. The van der Waals surface area contributed by atoms with Crippen LogP contribution in [-0.2, 0) is 9.59 Å². The molecular weight excluding hydrogens is 334 g/mol. The van der Waals surface area contributed by atoms with Gasteiger partial charge in [-0.05, 0) is 43.2 Å². The van der Waals surface area contributed by atoms with Gasteiger partial charge < -0.3 is 19.8 Å². The molecule has 1 aromatic carbocycles. The lowest BCUT2D eigenvalue weighted by molar-refractivity contribution is -0.130. The van der Waals surface area contributed by atoms with Crippen molar-refractivity contribution in [1.29, 1.82) is 0 Å². The maximum atomic E-state index is 13.0. The van der Waals surface area contributed by atoms with Crippen LogP contribution in [0.3, 0.4) is 0 Å². The zero-order valence-corrected chi connectivity index (χ0v) is 14.2. The van der Waals surface area contributed by atoms with Crippen molar-refractivity contribution in [1.82, 2.24) is 4.90 Å². The number of rotatable bonds is 3. The number of nitrogens with zero attached hydrogens (tertiary/aromatic N) is 2. The number of carbonyl (C=O) groups is 2. The molecule has 7 nitrogen and oxygen atoms in total. The monoisotopic (exact) mass is 353 g/mol. The maximum Gasteiger partial charge on any atom is 0.294 e. The first-order valence-electron chi connectivity index (χ1n) is 8.54.